The Bertz CT molecular complexity index is 437. The van der Waals surface area contributed by atoms with Crippen molar-refractivity contribution in [3.63, 3.8) is 0 Å². The quantitative estimate of drug-likeness (QED) is 0.602. The maximum Gasteiger partial charge on any atom is 0.234 e. The Balaban J connectivity index is 2.59. The van der Waals surface area contributed by atoms with Crippen molar-refractivity contribution in [2.75, 3.05) is 6.54 Å². The molecule has 1 atom stereocenters. The summed E-state index contributed by atoms with van der Waals surface area (Å²) >= 11 is 1.32. The van der Waals surface area contributed by atoms with Crippen LogP contribution in [-0.4, -0.2) is 37.9 Å². The second kappa shape index (κ2) is 7.01. The number of aromatic nitrogens is 4. The summed E-state index contributed by atoms with van der Waals surface area (Å²) in [5.74, 6) is 2.69. The van der Waals surface area contributed by atoms with Crippen molar-refractivity contribution in [3.8, 4) is 12.3 Å². The zero-order valence-electron chi connectivity index (χ0n) is 10.8. The molecule has 6 nitrogen and oxygen atoms in total. The van der Waals surface area contributed by atoms with E-state index in [1.54, 1.807) is 11.6 Å². The number of carbonyl (C=O) groups is 1. The Morgan fingerprint density at radius 3 is 2.89 bits per heavy atom. The number of nitrogens with one attached hydrogen (secondary N) is 1. The molecule has 0 saturated carbocycles. The lowest BCUT2D eigenvalue weighted by atomic mass is 10.2. The van der Waals surface area contributed by atoms with E-state index in [1.165, 1.54) is 11.8 Å². The first-order valence-corrected chi connectivity index (χ1v) is 6.56. The minimum atomic E-state index is -0.282. The highest BCUT2D eigenvalue weighted by molar-refractivity contribution is 8.00. The fourth-order valence-electron chi connectivity index (χ4n) is 1.23. The lowest BCUT2D eigenvalue weighted by molar-refractivity contribution is -0.120. The molecule has 0 spiro atoms. The van der Waals surface area contributed by atoms with Crippen LogP contribution in [0.1, 0.15) is 20.8 Å². The maximum atomic E-state index is 11.7. The second-order valence-corrected chi connectivity index (χ2v) is 5.53. The predicted octanol–water partition coefficient (Wildman–Crippen LogP) is 0.559. The summed E-state index contributed by atoms with van der Waals surface area (Å²) in [6.45, 7) is 6.93. The number of tetrazole rings is 1. The molecule has 0 saturated heterocycles. The van der Waals surface area contributed by atoms with Crippen LogP contribution in [0.5, 0.6) is 0 Å². The Morgan fingerprint density at radius 1 is 1.56 bits per heavy atom. The smallest absolute Gasteiger partial charge is 0.234 e. The van der Waals surface area contributed by atoms with Crippen molar-refractivity contribution in [3.05, 3.63) is 0 Å². The number of rotatable bonds is 6. The molecule has 1 rings (SSSR count). The molecule has 1 aromatic rings. The van der Waals surface area contributed by atoms with Crippen LogP contribution in [0.15, 0.2) is 5.16 Å². The van der Waals surface area contributed by atoms with Crippen molar-refractivity contribution < 1.29 is 4.79 Å². The number of amides is 1. The van der Waals surface area contributed by atoms with Crippen LogP contribution in [0.2, 0.25) is 0 Å². The fourth-order valence-corrected chi connectivity index (χ4v) is 2.06. The van der Waals surface area contributed by atoms with Crippen LogP contribution in [0.3, 0.4) is 0 Å². The first-order chi connectivity index (χ1) is 8.54. The van der Waals surface area contributed by atoms with E-state index in [-0.39, 0.29) is 17.7 Å². The van der Waals surface area contributed by atoms with Crippen LogP contribution in [0.4, 0.5) is 0 Å². The molecule has 0 aliphatic carbocycles. The van der Waals surface area contributed by atoms with Gasteiger partial charge in [0.05, 0.1) is 11.8 Å². The van der Waals surface area contributed by atoms with E-state index in [0.29, 0.717) is 11.1 Å². The van der Waals surface area contributed by atoms with E-state index in [1.807, 2.05) is 0 Å². The average Bonchev–Trinajstić information content (AvgIpc) is 2.72. The van der Waals surface area contributed by atoms with Gasteiger partial charge in [-0.15, -0.1) is 11.5 Å². The zero-order valence-corrected chi connectivity index (χ0v) is 11.6. The number of hydrogen-bond donors (Lipinski definition) is 1. The molecule has 0 radical (unpaired) electrons. The van der Waals surface area contributed by atoms with E-state index in [2.05, 4.69) is 40.6 Å². The Labute approximate surface area is 111 Å². The minimum Gasteiger partial charge on any atom is -0.344 e. The zero-order chi connectivity index (χ0) is 13.5. The van der Waals surface area contributed by atoms with Gasteiger partial charge in [0, 0.05) is 6.54 Å². The number of carbonyl (C=O) groups excluding carboxylic acids is 1. The largest absolute Gasteiger partial charge is 0.344 e. The summed E-state index contributed by atoms with van der Waals surface area (Å²) in [4.78, 5) is 11.7. The molecule has 7 heteroatoms. The first kappa shape index (κ1) is 14.5. The van der Waals surface area contributed by atoms with Crippen LogP contribution in [-0.2, 0) is 11.3 Å². The average molecular weight is 267 g/mol. The van der Waals surface area contributed by atoms with Crippen LogP contribution >= 0.6 is 11.8 Å². The summed E-state index contributed by atoms with van der Waals surface area (Å²) in [7, 11) is 0. The van der Waals surface area contributed by atoms with E-state index < -0.39 is 0 Å². The Kier molecular flexibility index (Phi) is 5.65. The molecule has 1 heterocycles. The highest BCUT2D eigenvalue weighted by atomic mass is 32.2. The number of hydrogen-bond acceptors (Lipinski definition) is 5. The lowest BCUT2D eigenvalue weighted by Crippen LogP contribution is -2.31. The van der Waals surface area contributed by atoms with Crippen LogP contribution in [0.25, 0.3) is 0 Å². The van der Waals surface area contributed by atoms with Crippen molar-refractivity contribution in [1.29, 1.82) is 0 Å². The first-order valence-electron chi connectivity index (χ1n) is 5.68. The summed E-state index contributed by atoms with van der Waals surface area (Å²) in [5, 5.41) is 14.4. The van der Waals surface area contributed by atoms with Crippen LogP contribution < -0.4 is 5.32 Å². The Morgan fingerprint density at radius 2 is 2.28 bits per heavy atom. The molecule has 0 fully saturated rings. The van der Waals surface area contributed by atoms with E-state index >= 15 is 0 Å². The van der Waals surface area contributed by atoms with Gasteiger partial charge >= 0.3 is 0 Å². The summed E-state index contributed by atoms with van der Waals surface area (Å²) < 4.78 is 1.71. The van der Waals surface area contributed by atoms with Gasteiger partial charge in [-0.1, -0.05) is 31.5 Å². The van der Waals surface area contributed by atoms with Crippen molar-refractivity contribution in [2.24, 2.45) is 5.92 Å². The van der Waals surface area contributed by atoms with E-state index in [4.69, 9.17) is 6.42 Å². The molecule has 1 N–H and O–H groups in total. The monoisotopic (exact) mass is 267 g/mol. The molecule has 0 aromatic carbocycles. The number of nitrogens with zero attached hydrogens (tertiary/aromatic N) is 4. The summed E-state index contributed by atoms with van der Waals surface area (Å²) in [6, 6.07) is 0. The summed E-state index contributed by atoms with van der Waals surface area (Å²) in [6.07, 6.45) is 5.08. The van der Waals surface area contributed by atoms with Gasteiger partial charge in [0.2, 0.25) is 11.1 Å². The molecule has 0 aliphatic heterocycles. The second-order valence-electron chi connectivity index (χ2n) is 4.22. The van der Waals surface area contributed by atoms with Gasteiger partial charge in [-0.2, -0.15) is 0 Å². The molecule has 98 valence electrons. The maximum absolute atomic E-state index is 11.7. The summed E-state index contributed by atoms with van der Waals surface area (Å²) in [5.41, 5.74) is 0. The fraction of sp³-hybridized carbons (Fsp3) is 0.636. The molecule has 0 aliphatic rings. The lowest BCUT2D eigenvalue weighted by Gasteiger charge is -2.11. The van der Waals surface area contributed by atoms with Crippen molar-refractivity contribution in [1.82, 2.24) is 25.5 Å². The van der Waals surface area contributed by atoms with Crippen molar-refractivity contribution in [2.45, 2.75) is 37.7 Å². The minimum absolute atomic E-state index is 0.114. The van der Waals surface area contributed by atoms with Gasteiger partial charge in [0.1, 0.15) is 0 Å². The third kappa shape index (κ3) is 4.37. The van der Waals surface area contributed by atoms with E-state index in [9.17, 15) is 4.79 Å². The van der Waals surface area contributed by atoms with E-state index in [0.717, 1.165) is 6.54 Å². The highest BCUT2D eigenvalue weighted by Gasteiger charge is 2.18. The molecule has 1 aromatic heterocycles. The van der Waals surface area contributed by atoms with Gasteiger partial charge in [-0.3, -0.25) is 4.79 Å². The molecular weight excluding hydrogens is 250 g/mol. The third-order valence-electron chi connectivity index (χ3n) is 2.05. The molecular formula is C11H17N5OS. The highest BCUT2D eigenvalue weighted by Crippen LogP contribution is 2.20. The molecule has 1 amide bonds. The SMILES string of the molecule is C#CCNC(=O)C(C)Sc1nnnn1CC(C)C. The molecule has 0 bridgehead atoms. The van der Waals surface area contributed by atoms with Gasteiger partial charge in [-0.25, -0.2) is 4.68 Å². The molecule has 18 heavy (non-hydrogen) atoms. The topological polar surface area (TPSA) is 72.7 Å². The van der Waals surface area contributed by atoms with Gasteiger partial charge < -0.3 is 5.32 Å². The van der Waals surface area contributed by atoms with Crippen molar-refractivity contribution >= 4 is 17.7 Å². The van der Waals surface area contributed by atoms with Gasteiger partial charge in [0.25, 0.3) is 0 Å². The number of terminal acetylenes is 1. The van der Waals surface area contributed by atoms with Crippen LogP contribution in [0, 0.1) is 18.3 Å². The predicted molar refractivity (Wildman–Crippen MR) is 69.8 cm³/mol. The third-order valence-corrected chi connectivity index (χ3v) is 3.12. The number of thioether (sulfide) groups is 1. The standard InChI is InChI=1S/C11H17N5OS/c1-5-6-12-10(17)9(4)18-11-13-14-15-16(11)7-8(2)3/h1,8-9H,6-7H2,2-4H3,(H,12,17). The van der Waals surface area contributed by atoms with Gasteiger partial charge in [0.15, 0.2) is 0 Å². The Hall–Kier alpha value is -1.55. The van der Waals surface area contributed by atoms with Gasteiger partial charge in [-0.05, 0) is 23.3 Å². The molecule has 1 unspecified atom stereocenters. The normalized spacial score (nSPS) is 12.2.